The van der Waals surface area contributed by atoms with Crippen LogP contribution in [0.4, 0.5) is 5.69 Å². The lowest BCUT2D eigenvalue weighted by atomic mass is 10.1. The molecule has 1 aliphatic carbocycles. The number of amidine groups is 1. The fourth-order valence-electron chi connectivity index (χ4n) is 2.33. The predicted molar refractivity (Wildman–Crippen MR) is 107 cm³/mol. The zero-order valence-corrected chi connectivity index (χ0v) is 15.2. The second kappa shape index (κ2) is 9.00. The van der Waals surface area contributed by atoms with E-state index in [2.05, 4.69) is 16.9 Å². The van der Waals surface area contributed by atoms with Gasteiger partial charge in [0, 0.05) is 16.3 Å². The molecular weight excluding hydrogens is 332 g/mol. The van der Waals surface area contributed by atoms with E-state index in [1.807, 2.05) is 49.4 Å². The van der Waals surface area contributed by atoms with Gasteiger partial charge >= 0.3 is 0 Å². The zero-order chi connectivity index (χ0) is 18.2. The van der Waals surface area contributed by atoms with Crippen molar-refractivity contribution in [2.75, 3.05) is 5.32 Å². The molecular formula is C21H21ClN2O. The van der Waals surface area contributed by atoms with Crippen molar-refractivity contribution in [3.05, 3.63) is 89.2 Å². The number of carbonyl (C=O) groups is 1. The lowest BCUT2D eigenvalue weighted by molar-refractivity contribution is 0.101. The van der Waals surface area contributed by atoms with Gasteiger partial charge in [0.05, 0.1) is 5.70 Å². The van der Waals surface area contributed by atoms with Crippen molar-refractivity contribution in [2.45, 2.75) is 20.3 Å². The lowest BCUT2D eigenvalue weighted by Crippen LogP contribution is -2.08. The largest absolute Gasteiger partial charge is 0.344 e. The predicted octanol–water partition coefficient (Wildman–Crippen LogP) is 5.80. The molecule has 1 aromatic rings. The standard InChI is InChI=1S/C21H21ClN2O/c1-4-6-21(18-7-5-8-19(22)12-9-18)24-16(3)23-20-13-10-17(11-14-20)15(2)25/h4-6,8-14H,1,7H2,2-3H3,(H,23,24)/b21-6-. The van der Waals surface area contributed by atoms with Gasteiger partial charge in [-0.2, -0.15) is 0 Å². The topological polar surface area (TPSA) is 41.5 Å². The van der Waals surface area contributed by atoms with Crippen LogP contribution in [0.15, 0.2) is 88.6 Å². The Morgan fingerprint density at radius 1 is 1.24 bits per heavy atom. The number of anilines is 1. The van der Waals surface area contributed by atoms with Crippen molar-refractivity contribution in [2.24, 2.45) is 4.99 Å². The summed E-state index contributed by atoms with van der Waals surface area (Å²) in [6.07, 6.45) is 12.0. The van der Waals surface area contributed by atoms with E-state index < -0.39 is 0 Å². The van der Waals surface area contributed by atoms with E-state index in [1.54, 1.807) is 25.1 Å². The molecule has 0 heterocycles. The Balaban J connectivity index is 2.19. The molecule has 0 atom stereocenters. The Morgan fingerprint density at radius 3 is 2.60 bits per heavy atom. The molecule has 128 valence electrons. The molecule has 0 amide bonds. The highest BCUT2D eigenvalue weighted by molar-refractivity contribution is 6.31. The average molecular weight is 353 g/mol. The number of aliphatic imine (C=N–C) groups is 1. The molecule has 1 aliphatic rings. The number of allylic oxidation sites excluding steroid dienone is 8. The van der Waals surface area contributed by atoms with Crippen molar-refractivity contribution in [1.82, 2.24) is 0 Å². The van der Waals surface area contributed by atoms with E-state index in [1.165, 1.54) is 0 Å². The normalized spacial score (nSPS) is 15.2. The molecule has 1 N–H and O–H groups in total. The molecule has 0 aromatic heterocycles. The number of rotatable bonds is 5. The number of hydrogen-bond acceptors (Lipinski definition) is 2. The van der Waals surface area contributed by atoms with Crippen LogP contribution in [0.3, 0.4) is 0 Å². The van der Waals surface area contributed by atoms with Gasteiger partial charge < -0.3 is 5.32 Å². The van der Waals surface area contributed by atoms with Crippen LogP contribution in [0.5, 0.6) is 0 Å². The summed E-state index contributed by atoms with van der Waals surface area (Å²) in [6.45, 7) is 7.21. The Bertz CT molecular complexity index is 809. The summed E-state index contributed by atoms with van der Waals surface area (Å²) in [5, 5.41) is 3.93. The van der Waals surface area contributed by atoms with Gasteiger partial charge in [-0.15, -0.1) is 0 Å². The van der Waals surface area contributed by atoms with Crippen LogP contribution < -0.4 is 5.32 Å². The van der Waals surface area contributed by atoms with Crippen molar-refractivity contribution in [3.63, 3.8) is 0 Å². The van der Waals surface area contributed by atoms with Crippen LogP contribution in [0.1, 0.15) is 30.6 Å². The van der Waals surface area contributed by atoms with Crippen LogP contribution in [0.2, 0.25) is 0 Å². The highest BCUT2D eigenvalue weighted by atomic mass is 35.5. The molecule has 0 unspecified atom stereocenters. The molecule has 0 saturated heterocycles. The number of benzene rings is 1. The fraction of sp³-hybridized carbons (Fsp3) is 0.143. The number of ketones is 1. The number of carbonyl (C=O) groups excluding carboxylic acids is 1. The minimum absolute atomic E-state index is 0.0493. The first-order valence-corrected chi connectivity index (χ1v) is 8.36. The van der Waals surface area contributed by atoms with Gasteiger partial charge in [-0.3, -0.25) is 4.79 Å². The summed E-state index contributed by atoms with van der Waals surface area (Å²) in [5.41, 5.74) is 3.45. The van der Waals surface area contributed by atoms with E-state index in [-0.39, 0.29) is 5.78 Å². The average Bonchev–Trinajstić information content (AvgIpc) is 2.79. The van der Waals surface area contributed by atoms with Crippen LogP contribution in [-0.4, -0.2) is 11.6 Å². The minimum atomic E-state index is 0.0493. The van der Waals surface area contributed by atoms with Gasteiger partial charge in [-0.1, -0.05) is 36.4 Å². The second-order valence-electron chi connectivity index (χ2n) is 5.59. The number of Topliss-reactive ketones (excluding diaryl/α,β-unsaturated/α-hetero) is 1. The van der Waals surface area contributed by atoms with Crippen LogP contribution in [0.25, 0.3) is 0 Å². The van der Waals surface area contributed by atoms with E-state index >= 15 is 0 Å². The molecule has 0 radical (unpaired) electrons. The molecule has 0 bridgehead atoms. The molecule has 3 nitrogen and oxygen atoms in total. The number of hydrogen-bond donors (Lipinski definition) is 1. The molecule has 0 fully saturated rings. The number of nitrogens with zero attached hydrogens (tertiary/aromatic N) is 1. The van der Waals surface area contributed by atoms with E-state index in [9.17, 15) is 4.79 Å². The van der Waals surface area contributed by atoms with Crippen molar-refractivity contribution >= 4 is 28.9 Å². The second-order valence-corrected chi connectivity index (χ2v) is 6.03. The molecule has 0 aliphatic heterocycles. The van der Waals surface area contributed by atoms with Gasteiger partial charge in [0.15, 0.2) is 5.78 Å². The molecule has 0 spiro atoms. The minimum Gasteiger partial charge on any atom is -0.344 e. The maximum atomic E-state index is 11.3. The Hall–Kier alpha value is -2.65. The van der Waals surface area contributed by atoms with Gasteiger partial charge in [0.1, 0.15) is 5.84 Å². The van der Waals surface area contributed by atoms with Crippen molar-refractivity contribution in [3.8, 4) is 0 Å². The maximum Gasteiger partial charge on any atom is 0.159 e. The summed E-state index contributed by atoms with van der Waals surface area (Å²) in [7, 11) is 0. The molecule has 4 heteroatoms. The van der Waals surface area contributed by atoms with E-state index in [0.717, 1.165) is 29.2 Å². The first-order valence-electron chi connectivity index (χ1n) is 7.99. The first-order chi connectivity index (χ1) is 12.0. The van der Waals surface area contributed by atoms with E-state index in [0.29, 0.717) is 10.6 Å². The molecule has 2 rings (SSSR count). The third-order valence-corrected chi connectivity index (χ3v) is 3.82. The first kappa shape index (κ1) is 18.7. The Labute approximate surface area is 153 Å². The quantitative estimate of drug-likeness (QED) is 0.315. The molecule has 25 heavy (non-hydrogen) atoms. The van der Waals surface area contributed by atoms with E-state index in [4.69, 9.17) is 11.6 Å². The van der Waals surface area contributed by atoms with Gasteiger partial charge in [0.25, 0.3) is 0 Å². The Kier molecular flexibility index (Phi) is 6.72. The smallest absolute Gasteiger partial charge is 0.159 e. The third kappa shape index (κ3) is 5.73. The van der Waals surface area contributed by atoms with Crippen LogP contribution in [-0.2, 0) is 0 Å². The summed E-state index contributed by atoms with van der Waals surface area (Å²) in [5.74, 6) is 0.793. The Morgan fingerprint density at radius 2 is 1.96 bits per heavy atom. The fourth-order valence-corrected chi connectivity index (χ4v) is 2.48. The summed E-state index contributed by atoms with van der Waals surface area (Å²) in [6, 6.07) is 7.32. The van der Waals surface area contributed by atoms with Gasteiger partial charge in [0.2, 0.25) is 0 Å². The summed E-state index contributed by atoms with van der Waals surface area (Å²) >= 11 is 6.03. The monoisotopic (exact) mass is 352 g/mol. The molecule has 1 aromatic carbocycles. The van der Waals surface area contributed by atoms with Crippen molar-refractivity contribution in [1.29, 1.82) is 0 Å². The zero-order valence-electron chi connectivity index (χ0n) is 14.4. The third-order valence-electron chi connectivity index (χ3n) is 3.57. The summed E-state index contributed by atoms with van der Waals surface area (Å²) < 4.78 is 0. The maximum absolute atomic E-state index is 11.3. The SMILES string of the molecule is C=C/C=C(\N=C(C)Nc1ccc(C(C)=O)cc1)C1=CC=C(Cl)C=CC1. The van der Waals surface area contributed by atoms with Crippen molar-refractivity contribution < 1.29 is 4.79 Å². The number of halogens is 1. The number of nitrogens with one attached hydrogen (secondary N) is 1. The summed E-state index contributed by atoms with van der Waals surface area (Å²) in [4.78, 5) is 16.0. The lowest BCUT2D eigenvalue weighted by Gasteiger charge is -2.09. The van der Waals surface area contributed by atoms with Gasteiger partial charge in [-0.25, -0.2) is 4.99 Å². The highest BCUT2D eigenvalue weighted by Gasteiger charge is 2.06. The molecule has 0 saturated carbocycles. The highest BCUT2D eigenvalue weighted by Crippen LogP contribution is 2.22. The van der Waals surface area contributed by atoms with Crippen LogP contribution >= 0.6 is 11.6 Å². The van der Waals surface area contributed by atoms with Crippen LogP contribution in [0, 0.1) is 0 Å². The van der Waals surface area contributed by atoms with Gasteiger partial charge in [-0.05, 0) is 68.3 Å².